The first kappa shape index (κ1) is 15.5. The number of hydrogen-bond acceptors (Lipinski definition) is 2. The van der Waals surface area contributed by atoms with Gasteiger partial charge >= 0.3 is 6.18 Å². The van der Waals surface area contributed by atoms with E-state index >= 15 is 0 Å². The highest BCUT2D eigenvalue weighted by Crippen LogP contribution is 2.21. The van der Waals surface area contributed by atoms with E-state index in [2.05, 4.69) is 5.32 Å². The molecule has 0 heterocycles. The Labute approximate surface area is 110 Å². The number of halogens is 3. The van der Waals surface area contributed by atoms with Gasteiger partial charge < -0.3 is 11.1 Å². The fourth-order valence-electron chi connectivity index (χ4n) is 1.59. The van der Waals surface area contributed by atoms with Crippen LogP contribution in [0.1, 0.15) is 25.3 Å². The summed E-state index contributed by atoms with van der Waals surface area (Å²) in [5, 5.41) is 2.43. The SMILES string of the molecule is CC(N)(C(=O)NCCCC(F)(F)F)c1ccccc1. The summed E-state index contributed by atoms with van der Waals surface area (Å²) >= 11 is 0. The lowest BCUT2D eigenvalue weighted by molar-refractivity contribution is -0.136. The van der Waals surface area contributed by atoms with Gasteiger partial charge in [0.15, 0.2) is 0 Å². The van der Waals surface area contributed by atoms with E-state index in [0.717, 1.165) is 0 Å². The number of carbonyl (C=O) groups excluding carboxylic acids is 1. The first-order valence-corrected chi connectivity index (χ1v) is 5.93. The largest absolute Gasteiger partial charge is 0.389 e. The maximum atomic E-state index is 11.9. The first-order chi connectivity index (χ1) is 8.73. The topological polar surface area (TPSA) is 55.1 Å². The third-order valence-electron chi connectivity index (χ3n) is 2.77. The van der Waals surface area contributed by atoms with Crippen LogP contribution in [0.5, 0.6) is 0 Å². The van der Waals surface area contributed by atoms with Crippen molar-refractivity contribution in [3.8, 4) is 0 Å². The van der Waals surface area contributed by atoms with E-state index in [1.54, 1.807) is 30.3 Å². The van der Waals surface area contributed by atoms with Crippen molar-refractivity contribution in [1.29, 1.82) is 0 Å². The summed E-state index contributed by atoms with van der Waals surface area (Å²) < 4.78 is 35.8. The minimum atomic E-state index is -4.20. The molecule has 1 unspecified atom stereocenters. The zero-order valence-corrected chi connectivity index (χ0v) is 10.6. The molecule has 0 saturated carbocycles. The van der Waals surface area contributed by atoms with Crippen molar-refractivity contribution in [2.24, 2.45) is 5.73 Å². The van der Waals surface area contributed by atoms with E-state index in [-0.39, 0.29) is 13.0 Å². The van der Waals surface area contributed by atoms with Gasteiger partial charge in [-0.1, -0.05) is 30.3 Å². The number of carbonyl (C=O) groups is 1. The van der Waals surface area contributed by atoms with Gasteiger partial charge in [0.05, 0.1) is 0 Å². The molecule has 19 heavy (non-hydrogen) atoms. The number of amides is 1. The number of hydrogen-bond donors (Lipinski definition) is 2. The Balaban J connectivity index is 2.49. The lowest BCUT2D eigenvalue weighted by atomic mass is 9.92. The molecule has 1 amide bonds. The molecular formula is C13H17F3N2O. The molecule has 0 aliphatic heterocycles. The summed E-state index contributed by atoms with van der Waals surface area (Å²) in [4.78, 5) is 11.9. The van der Waals surface area contributed by atoms with Crippen LogP contribution in [-0.4, -0.2) is 18.6 Å². The number of alkyl halides is 3. The Bertz CT molecular complexity index is 416. The Hall–Kier alpha value is -1.56. The molecule has 1 aromatic carbocycles. The number of nitrogens with one attached hydrogen (secondary N) is 1. The molecular weight excluding hydrogens is 257 g/mol. The van der Waals surface area contributed by atoms with Crippen LogP contribution in [-0.2, 0) is 10.3 Å². The second-order valence-electron chi connectivity index (χ2n) is 4.54. The van der Waals surface area contributed by atoms with Gasteiger partial charge in [-0.25, -0.2) is 0 Å². The summed E-state index contributed by atoms with van der Waals surface area (Å²) in [7, 11) is 0. The Kier molecular flexibility index (Phi) is 4.94. The number of benzene rings is 1. The predicted molar refractivity (Wildman–Crippen MR) is 66.3 cm³/mol. The minimum Gasteiger partial charge on any atom is -0.354 e. The van der Waals surface area contributed by atoms with Crippen molar-refractivity contribution in [3.63, 3.8) is 0 Å². The highest BCUT2D eigenvalue weighted by Gasteiger charge is 2.30. The Morgan fingerprint density at radius 3 is 2.37 bits per heavy atom. The summed E-state index contributed by atoms with van der Waals surface area (Å²) in [6.45, 7) is 1.49. The third-order valence-corrected chi connectivity index (χ3v) is 2.77. The van der Waals surface area contributed by atoms with Crippen molar-refractivity contribution in [1.82, 2.24) is 5.32 Å². The van der Waals surface area contributed by atoms with E-state index in [1.165, 1.54) is 6.92 Å². The lowest BCUT2D eigenvalue weighted by Gasteiger charge is -2.24. The zero-order chi connectivity index (χ0) is 14.5. The fourth-order valence-corrected chi connectivity index (χ4v) is 1.59. The molecule has 0 aliphatic carbocycles. The van der Waals surface area contributed by atoms with Crippen molar-refractivity contribution in [3.05, 3.63) is 35.9 Å². The van der Waals surface area contributed by atoms with E-state index < -0.39 is 24.0 Å². The van der Waals surface area contributed by atoms with Crippen LogP contribution in [0.4, 0.5) is 13.2 Å². The highest BCUT2D eigenvalue weighted by atomic mass is 19.4. The number of nitrogens with two attached hydrogens (primary N) is 1. The van der Waals surface area contributed by atoms with Gasteiger partial charge in [0.2, 0.25) is 5.91 Å². The fraction of sp³-hybridized carbons (Fsp3) is 0.462. The van der Waals surface area contributed by atoms with Crippen LogP contribution in [0.25, 0.3) is 0 Å². The lowest BCUT2D eigenvalue weighted by Crippen LogP contribution is -2.49. The van der Waals surface area contributed by atoms with Gasteiger partial charge in [-0.3, -0.25) is 4.79 Å². The van der Waals surface area contributed by atoms with Crippen LogP contribution < -0.4 is 11.1 Å². The predicted octanol–water partition coefficient (Wildman–Crippen LogP) is 2.32. The molecule has 1 atom stereocenters. The second-order valence-corrected chi connectivity index (χ2v) is 4.54. The van der Waals surface area contributed by atoms with Crippen molar-refractivity contribution < 1.29 is 18.0 Å². The van der Waals surface area contributed by atoms with Gasteiger partial charge in [0.1, 0.15) is 5.54 Å². The quantitative estimate of drug-likeness (QED) is 0.810. The monoisotopic (exact) mass is 274 g/mol. The zero-order valence-electron chi connectivity index (χ0n) is 10.6. The molecule has 3 nitrogen and oxygen atoms in total. The summed E-state index contributed by atoms with van der Waals surface area (Å²) in [6, 6.07) is 8.69. The third kappa shape index (κ3) is 4.90. The molecule has 0 saturated heterocycles. The van der Waals surface area contributed by atoms with E-state index in [4.69, 9.17) is 5.73 Å². The summed E-state index contributed by atoms with van der Waals surface area (Å²) in [6.07, 6.45) is -5.27. The average Bonchev–Trinajstić information content (AvgIpc) is 2.34. The summed E-state index contributed by atoms with van der Waals surface area (Å²) in [5.41, 5.74) is 5.28. The van der Waals surface area contributed by atoms with Gasteiger partial charge in [-0.15, -0.1) is 0 Å². The normalized spacial score (nSPS) is 14.8. The van der Waals surface area contributed by atoms with Crippen LogP contribution in [0.15, 0.2) is 30.3 Å². The molecule has 1 rings (SSSR count). The van der Waals surface area contributed by atoms with Crippen molar-refractivity contribution in [2.75, 3.05) is 6.54 Å². The Morgan fingerprint density at radius 1 is 1.26 bits per heavy atom. The van der Waals surface area contributed by atoms with Gasteiger partial charge in [-0.05, 0) is 18.9 Å². The molecule has 6 heteroatoms. The molecule has 0 fully saturated rings. The molecule has 0 bridgehead atoms. The van der Waals surface area contributed by atoms with Gasteiger partial charge in [-0.2, -0.15) is 13.2 Å². The van der Waals surface area contributed by atoms with E-state index in [9.17, 15) is 18.0 Å². The molecule has 1 aromatic rings. The average molecular weight is 274 g/mol. The summed E-state index contributed by atoms with van der Waals surface area (Å²) in [5.74, 6) is -0.485. The van der Waals surface area contributed by atoms with Crippen LogP contribution in [0.3, 0.4) is 0 Å². The van der Waals surface area contributed by atoms with E-state index in [1.807, 2.05) is 0 Å². The van der Waals surface area contributed by atoms with Crippen LogP contribution >= 0.6 is 0 Å². The van der Waals surface area contributed by atoms with Crippen molar-refractivity contribution >= 4 is 5.91 Å². The maximum Gasteiger partial charge on any atom is 0.389 e. The van der Waals surface area contributed by atoms with Gasteiger partial charge in [0, 0.05) is 13.0 Å². The first-order valence-electron chi connectivity index (χ1n) is 5.93. The van der Waals surface area contributed by atoms with Crippen LogP contribution in [0, 0.1) is 0 Å². The standard InChI is InChI=1S/C13H17F3N2O/c1-12(17,10-6-3-2-4-7-10)11(19)18-9-5-8-13(14,15)16/h2-4,6-7H,5,8-9,17H2,1H3,(H,18,19). The molecule has 3 N–H and O–H groups in total. The molecule has 0 aliphatic rings. The molecule has 0 radical (unpaired) electrons. The maximum absolute atomic E-state index is 11.9. The highest BCUT2D eigenvalue weighted by molar-refractivity contribution is 5.86. The van der Waals surface area contributed by atoms with Crippen molar-refractivity contribution in [2.45, 2.75) is 31.5 Å². The minimum absolute atomic E-state index is 0.0437. The van der Waals surface area contributed by atoms with Crippen LogP contribution in [0.2, 0.25) is 0 Å². The smallest absolute Gasteiger partial charge is 0.354 e. The van der Waals surface area contributed by atoms with Gasteiger partial charge in [0.25, 0.3) is 0 Å². The number of rotatable bonds is 5. The molecule has 0 aromatic heterocycles. The molecule has 106 valence electrons. The molecule has 0 spiro atoms. The van der Waals surface area contributed by atoms with E-state index in [0.29, 0.717) is 5.56 Å². The second kappa shape index (κ2) is 6.06. The Morgan fingerprint density at radius 2 is 1.84 bits per heavy atom.